The van der Waals surface area contributed by atoms with Crippen LogP contribution in [0.4, 0.5) is 0 Å². The zero-order valence-corrected chi connectivity index (χ0v) is 7.61. The van der Waals surface area contributed by atoms with E-state index in [9.17, 15) is 0 Å². The van der Waals surface area contributed by atoms with Crippen molar-refractivity contribution in [1.82, 2.24) is 15.1 Å². The van der Waals surface area contributed by atoms with Gasteiger partial charge in [0.05, 0.1) is 19.3 Å². The number of hydrogen-bond donors (Lipinski definition) is 3. The van der Waals surface area contributed by atoms with E-state index in [-0.39, 0.29) is 6.61 Å². The number of nitrogens with two attached hydrogens (primary N) is 1. The topological polar surface area (TPSA) is 76.1 Å². The van der Waals surface area contributed by atoms with Crippen molar-refractivity contribution in [2.45, 2.75) is 13.1 Å². The van der Waals surface area contributed by atoms with Crippen LogP contribution < -0.4 is 11.1 Å². The average Bonchev–Trinajstić information content (AvgIpc) is 2.54. The van der Waals surface area contributed by atoms with Gasteiger partial charge in [-0.05, 0) is 0 Å². The molecular weight excluding hydrogens is 168 g/mol. The predicted molar refractivity (Wildman–Crippen MR) is 50.1 cm³/mol. The summed E-state index contributed by atoms with van der Waals surface area (Å²) in [5.41, 5.74) is 6.44. The molecule has 0 unspecified atom stereocenters. The zero-order valence-electron chi connectivity index (χ0n) is 7.61. The minimum atomic E-state index is 0.122. The van der Waals surface area contributed by atoms with Gasteiger partial charge >= 0.3 is 0 Å². The van der Waals surface area contributed by atoms with Crippen LogP contribution in [0.25, 0.3) is 0 Å². The maximum Gasteiger partial charge on any atom is 0.0640 e. The number of nitrogens with zero attached hydrogens (tertiary/aromatic N) is 2. The molecule has 1 rings (SSSR count). The molecule has 5 heteroatoms. The summed E-state index contributed by atoms with van der Waals surface area (Å²) in [7, 11) is 0. The molecule has 4 N–H and O–H groups in total. The molecule has 5 nitrogen and oxygen atoms in total. The molecular formula is C8H16N4O. The predicted octanol–water partition coefficient (Wildman–Crippen LogP) is -1.08. The van der Waals surface area contributed by atoms with Crippen LogP contribution in [0.2, 0.25) is 0 Å². The summed E-state index contributed by atoms with van der Waals surface area (Å²) in [6.45, 7) is 2.91. The van der Waals surface area contributed by atoms with Crippen molar-refractivity contribution in [3.63, 3.8) is 0 Å². The third-order valence-corrected chi connectivity index (χ3v) is 1.67. The van der Waals surface area contributed by atoms with Gasteiger partial charge in [-0.3, -0.25) is 4.68 Å². The third kappa shape index (κ3) is 3.54. The number of nitrogens with one attached hydrogen (secondary N) is 1. The van der Waals surface area contributed by atoms with E-state index in [0.717, 1.165) is 18.7 Å². The Kier molecular flexibility index (Phi) is 4.45. The van der Waals surface area contributed by atoms with E-state index in [1.165, 1.54) is 0 Å². The standard InChI is InChI=1S/C8H16N4O/c9-1-2-10-5-8-6-11-12(7-8)3-4-13/h6-7,10,13H,1-5,9H2. The van der Waals surface area contributed by atoms with Crippen molar-refractivity contribution in [1.29, 1.82) is 0 Å². The van der Waals surface area contributed by atoms with Gasteiger partial charge in [0.2, 0.25) is 0 Å². The Hall–Kier alpha value is -0.910. The zero-order chi connectivity index (χ0) is 9.52. The Balaban J connectivity index is 2.31. The Morgan fingerprint density at radius 3 is 3.15 bits per heavy atom. The fourth-order valence-electron chi connectivity index (χ4n) is 1.06. The first kappa shape index (κ1) is 10.2. The summed E-state index contributed by atoms with van der Waals surface area (Å²) in [6.07, 6.45) is 3.71. The van der Waals surface area contributed by atoms with E-state index in [1.54, 1.807) is 10.9 Å². The van der Waals surface area contributed by atoms with E-state index in [2.05, 4.69) is 10.4 Å². The van der Waals surface area contributed by atoms with Gasteiger partial charge in [-0.25, -0.2) is 0 Å². The van der Waals surface area contributed by atoms with Crippen LogP contribution in [0.5, 0.6) is 0 Å². The van der Waals surface area contributed by atoms with E-state index in [4.69, 9.17) is 10.8 Å². The molecule has 0 atom stereocenters. The van der Waals surface area contributed by atoms with E-state index in [0.29, 0.717) is 13.1 Å². The number of aliphatic hydroxyl groups is 1. The maximum atomic E-state index is 8.65. The summed E-state index contributed by atoms with van der Waals surface area (Å²) >= 11 is 0. The van der Waals surface area contributed by atoms with Crippen molar-refractivity contribution in [3.05, 3.63) is 18.0 Å². The second-order valence-corrected chi connectivity index (χ2v) is 2.80. The van der Waals surface area contributed by atoms with Crippen LogP contribution in [0.1, 0.15) is 5.56 Å². The van der Waals surface area contributed by atoms with Gasteiger partial charge in [-0.1, -0.05) is 0 Å². The lowest BCUT2D eigenvalue weighted by atomic mass is 10.3. The van der Waals surface area contributed by atoms with Gasteiger partial charge in [0.25, 0.3) is 0 Å². The summed E-state index contributed by atoms with van der Waals surface area (Å²) < 4.78 is 1.72. The molecule has 0 aliphatic heterocycles. The molecule has 0 spiro atoms. The molecule has 0 amide bonds. The number of aliphatic hydroxyl groups excluding tert-OH is 1. The second-order valence-electron chi connectivity index (χ2n) is 2.80. The summed E-state index contributed by atoms with van der Waals surface area (Å²) in [6, 6.07) is 0. The Labute approximate surface area is 77.5 Å². The molecule has 0 saturated carbocycles. The Morgan fingerprint density at radius 2 is 2.46 bits per heavy atom. The van der Waals surface area contributed by atoms with Crippen LogP contribution in [0.15, 0.2) is 12.4 Å². The van der Waals surface area contributed by atoms with Gasteiger partial charge in [-0.15, -0.1) is 0 Å². The number of hydrogen-bond acceptors (Lipinski definition) is 4. The monoisotopic (exact) mass is 184 g/mol. The average molecular weight is 184 g/mol. The lowest BCUT2D eigenvalue weighted by Crippen LogP contribution is -2.21. The normalized spacial score (nSPS) is 10.6. The second kappa shape index (κ2) is 5.69. The largest absolute Gasteiger partial charge is 0.394 e. The summed E-state index contributed by atoms with van der Waals surface area (Å²) in [5.74, 6) is 0. The van der Waals surface area contributed by atoms with Gasteiger partial charge in [-0.2, -0.15) is 5.10 Å². The molecule has 0 aromatic carbocycles. The van der Waals surface area contributed by atoms with Crippen molar-refractivity contribution >= 4 is 0 Å². The van der Waals surface area contributed by atoms with E-state index >= 15 is 0 Å². The molecule has 0 aliphatic carbocycles. The minimum Gasteiger partial charge on any atom is -0.394 e. The van der Waals surface area contributed by atoms with Crippen molar-refractivity contribution in [2.24, 2.45) is 5.73 Å². The molecule has 0 bridgehead atoms. The van der Waals surface area contributed by atoms with Crippen molar-refractivity contribution in [3.8, 4) is 0 Å². The number of rotatable bonds is 6. The van der Waals surface area contributed by atoms with Crippen molar-refractivity contribution in [2.75, 3.05) is 19.7 Å². The maximum absolute atomic E-state index is 8.65. The van der Waals surface area contributed by atoms with Gasteiger partial charge < -0.3 is 16.2 Å². The fraction of sp³-hybridized carbons (Fsp3) is 0.625. The van der Waals surface area contributed by atoms with Crippen LogP contribution in [-0.4, -0.2) is 34.6 Å². The smallest absolute Gasteiger partial charge is 0.0640 e. The lowest BCUT2D eigenvalue weighted by molar-refractivity contribution is 0.269. The molecule has 74 valence electrons. The lowest BCUT2D eigenvalue weighted by Gasteiger charge is -1.98. The highest BCUT2D eigenvalue weighted by Crippen LogP contribution is 1.96. The van der Waals surface area contributed by atoms with E-state index in [1.807, 2.05) is 6.20 Å². The highest BCUT2D eigenvalue weighted by atomic mass is 16.3. The first-order chi connectivity index (χ1) is 6.36. The highest BCUT2D eigenvalue weighted by Gasteiger charge is 1.96. The molecule has 0 saturated heterocycles. The SMILES string of the molecule is NCCNCc1cnn(CCO)c1. The molecule has 1 aromatic heterocycles. The highest BCUT2D eigenvalue weighted by molar-refractivity contribution is 5.03. The quantitative estimate of drug-likeness (QED) is 0.492. The molecule has 0 fully saturated rings. The van der Waals surface area contributed by atoms with Gasteiger partial charge in [0, 0.05) is 31.4 Å². The summed E-state index contributed by atoms with van der Waals surface area (Å²) in [4.78, 5) is 0. The molecule has 0 aliphatic rings. The fourth-order valence-corrected chi connectivity index (χ4v) is 1.06. The molecule has 1 heterocycles. The molecule has 13 heavy (non-hydrogen) atoms. The third-order valence-electron chi connectivity index (χ3n) is 1.67. The number of aromatic nitrogens is 2. The van der Waals surface area contributed by atoms with E-state index < -0.39 is 0 Å². The first-order valence-electron chi connectivity index (χ1n) is 4.40. The van der Waals surface area contributed by atoms with Crippen LogP contribution in [-0.2, 0) is 13.1 Å². The minimum absolute atomic E-state index is 0.122. The Bertz CT molecular complexity index is 236. The van der Waals surface area contributed by atoms with Gasteiger partial charge in [0.1, 0.15) is 0 Å². The Morgan fingerprint density at radius 1 is 1.62 bits per heavy atom. The first-order valence-corrected chi connectivity index (χ1v) is 4.40. The van der Waals surface area contributed by atoms with Crippen molar-refractivity contribution < 1.29 is 5.11 Å². The molecule has 1 aromatic rings. The van der Waals surface area contributed by atoms with Crippen LogP contribution >= 0.6 is 0 Å². The van der Waals surface area contributed by atoms with Crippen LogP contribution in [0, 0.1) is 0 Å². The van der Waals surface area contributed by atoms with Crippen LogP contribution in [0.3, 0.4) is 0 Å². The molecule has 0 radical (unpaired) electrons. The van der Waals surface area contributed by atoms with Gasteiger partial charge in [0.15, 0.2) is 0 Å². The summed E-state index contributed by atoms with van der Waals surface area (Å²) in [5, 5.41) is 15.9.